The Kier molecular flexibility index (Phi) is 2.88. The number of hydrogen-bond donors (Lipinski definition) is 1. The van der Waals surface area contributed by atoms with Crippen molar-refractivity contribution in [2.45, 2.75) is 6.92 Å². The molecule has 0 aliphatic heterocycles. The quantitative estimate of drug-likeness (QED) is 0.745. The highest BCUT2D eigenvalue weighted by atomic mass is 35.5. The molecule has 0 aliphatic rings. The van der Waals surface area contributed by atoms with Crippen LogP contribution >= 0.6 is 11.6 Å². The molecule has 2 nitrogen and oxygen atoms in total. The van der Waals surface area contributed by atoms with Gasteiger partial charge in [0.15, 0.2) is 0 Å². The average molecular weight is 219 g/mol. The van der Waals surface area contributed by atoms with Crippen LogP contribution in [-0.4, -0.2) is 11.2 Å². The maximum Gasteiger partial charge on any atom is 0.106 e. The predicted molar refractivity (Wildman–Crippen MR) is 64.2 cm³/mol. The van der Waals surface area contributed by atoms with Crippen LogP contribution in [0, 0.1) is 6.92 Å². The minimum absolute atomic E-state index is 0.626. The highest BCUT2D eigenvalue weighted by Crippen LogP contribution is 2.17. The molecule has 1 heterocycles. The number of rotatable bonds is 2. The number of para-hydroxylation sites is 1. The number of nitrogens with one attached hydrogen (secondary N) is 1. The van der Waals surface area contributed by atoms with E-state index in [1.807, 2.05) is 37.3 Å². The monoisotopic (exact) mass is 218 g/mol. The summed E-state index contributed by atoms with van der Waals surface area (Å²) in [4.78, 5) is 7.36. The van der Waals surface area contributed by atoms with E-state index in [1.54, 1.807) is 12.3 Å². The van der Waals surface area contributed by atoms with E-state index in [1.165, 1.54) is 0 Å². The number of aliphatic imine (C=N–C) groups is 1. The molecule has 76 valence electrons. The van der Waals surface area contributed by atoms with Crippen molar-refractivity contribution in [2.24, 2.45) is 4.99 Å². The average Bonchev–Trinajstić information content (AvgIpc) is 2.63. The Bertz CT molecular complexity index is 486. The topological polar surface area (TPSA) is 28.1 Å². The number of aromatic nitrogens is 1. The summed E-state index contributed by atoms with van der Waals surface area (Å²) < 4.78 is 0. The van der Waals surface area contributed by atoms with Crippen LogP contribution in [0.4, 0.5) is 5.69 Å². The Hall–Kier alpha value is -1.54. The first-order chi connectivity index (χ1) is 7.25. The number of H-pyrrole nitrogens is 1. The first-order valence-electron chi connectivity index (χ1n) is 4.70. The maximum absolute atomic E-state index is 5.76. The van der Waals surface area contributed by atoms with Crippen molar-refractivity contribution in [1.29, 1.82) is 0 Å². The Morgan fingerprint density at radius 1 is 1.20 bits per heavy atom. The molecule has 1 N–H and O–H groups in total. The molecule has 0 radical (unpaired) electrons. The van der Waals surface area contributed by atoms with Crippen LogP contribution in [0.25, 0.3) is 0 Å². The van der Waals surface area contributed by atoms with Gasteiger partial charge in [-0.2, -0.15) is 0 Å². The van der Waals surface area contributed by atoms with Gasteiger partial charge in [0.2, 0.25) is 0 Å². The fraction of sp³-hybridized carbons (Fsp3) is 0.0833. The third kappa shape index (κ3) is 2.48. The summed E-state index contributed by atoms with van der Waals surface area (Å²) >= 11 is 5.76. The number of aromatic amines is 1. The fourth-order valence-corrected chi connectivity index (χ4v) is 1.48. The molecule has 0 amide bonds. The van der Waals surface area contributed by atoms with Crippen molar-refractivity contribution >= 4 is 23.5 Å². The van der Waals surface area contributed by atoms with Crippen molar-refractivity contribution in [2.75, 3.05) is 0 Å². The largest absolute Gasteiger partial charge is 0.345 e. The van der Waals surface area contributed by atoms with Crippen LogP contribution in [-0.2, 0) is 0 Å². The van der Waals surface area contributed by atoms with Gasteiger partial charge in [-0.3, -0.25) is 4.99 Å². The van der Waals surface area contributed by atoms with Gasteiger partial charge in [0.1, 0.15) is 5.15 Å². The number of aryl methyl sites for hydroxylation is 1. The fourth-order valence-electron chi connectivity index (χ4n) is 1.31. The molecule has 3 heteroatoms. The zero-order valence-corrected chi connectivity index (χ0v) is 9.12. The Balaban J connectivity index is 2.22. The standard InChI is InChI=1S/C12H11ClN2/c1-9-4-2-3-5-11(9)14-8-10-6-7-12(13)15-10/h2-8,15H,1H3. The minimum Gasteiger partial charge on any atom is -0.345 e. The first kappa shape index (κ1) is 9.99. The van der Waals surface area contributed by atoms with Gasteiger partial charge in [-0.1, -0.05) is 29.8 Å². The lowest BCUT2D eigenvalue weighted by molar-refractivity contribution is 1.36. The van der Waals surface area contributed by atoms with Gasteiger partial charge in [0.05, 0.1) is 17.6 Å². The Morgan fingerprint density at radius 2 is 2.00 bits per heavy atom. The van der Waals surface area contributed by atoms with E-state index in [0.29, 0.717) is 5.15 Å². The predicted octanol–water partition coefficient (Wildman–Crippen LogP) is 3.73. The number of nitrogens with zero attached hydrogens (tertiary/aromatic N) is 1. The molecule has 0 unspecified atom stereocenters. The summed E-state index contributed by atoms with van der Waals surface area (Å²) in [6.45, 7) is 2.04. The smallest absolute Gasteiger partial charge is 0.106 e. The minimum atomic E-state index is 0.626. The van der Waals surface area contributed by atoms with Gasteiger partial charge in [-0.05, 0) is 30.7 Å². The van der Waals surface area contributed by atoms with E-state index in [9.17, 15) is 0 Å². The normalized spacial score (nSPS) is 11.1. The molecule has 0 fully saturated rings. The van der Waals surface area contributed by atoms with E-state index in [-0.39, 0.29) is 0 Å². The van der Waals surface area contributed by atoms with E-state index in [4.69, 9.17) is 11.6 Å². The zero-order chi connectivity index (χ0) is 10.7. The molecule has 0 saturated heterocycles. The van der Waals surface area contributed by atoms with Gasteiger partial charge in [-0.25, -0.2) is 0 Å². The van der Waals surface area contributed by atoms with Crippen molar-refractivity contribution in [1.82, 2.24) is 4.98 Å². The van der Waals surface area contributed by atoms with Crippen LogP contribution in [0.15, 0.2) is 41.4 Å². The zero-order valence-electron chi connectivity index (χ0n) is 8.37. The molecule has 1 aromatic heterocycles. The third-order valence-electron chi connectivity index (χ3n) is 2.13. The molecule has 0 bridgehead atoms. The second kappa shape index (κ2) is 4.32. The van der Waals surface area contributed by atoms with Crippen LogP contribution in [0.5, 0.6) is 0 Å². The lowest BCUT2D eigenvalue weighted by Gasteiger charge is -1.96. The lowest BCUT2D eigenvalue weighted by Crippen LogP contribution is -1.80. The van der Waals surface area contributed by atoms with E-state index in [0.717, 1.165) is 16.9 Å². The molecule has 0 spiro atoms. The highest BCUT2D eigenvalue weighted by molar-refractivity contribution is 6.29. The van der Waals surface area contributed by atoms with Crippen molar-refractivity contribution in [3.8, 4) is 0 Å². The number of hydrogen-bond acceptors (Lipinski definition) is 1. The van der Waals surface area contributed by atoms with Gasteiger partial charge >= 0.3 is 0 Å². The van der Waals surface area contributed by atoms with Crippen molar-refractivity contribution in [3.63, 3.8) is 0 Å². The summed E-state index contributed by atoms with van der Waals surface area (Å²) in [6, 6.07) is 11.7. The van der Waals surface area contributed by atoms with Crippen LogP contribution in [0.1, 0.15) is 11.3 Å². The van der Waals surface area contributed by atoms with Gasteiger partial charge < -0.3 is 4.98 Å². The van der Waals surface area contributed by atoms with E-state index >= 15 is 0 Å². The molecular formula is C12H11ClN2. The van der Waals surface area contributed by atoms with Gasteiger partial charge in [0.25, 0.3) is 0 Å². The Labute approximate surface area is 93.6 Å². The molecular weight excluding hydrogens is 208 g/mol. The molecule has 0 aliphatic carbocycles. The Morgan fingerprint density at radius 3 is 2.67 bits per heavy atom. The third-order valence-corrected chi connectivity index (χ3v) is 2.35. The van der Waals surface area contributed by atoms with Crippen LogP contribution in [0.2, 0.25) is 5.15 Å². The highest BCUT2D eigenvalue weighted by Gasteiger charge is 1.94. The summed E-state index contributed by atoms with van der Waals surface area (Å²) in [7, 11) is 0. The second-order valence-electron chi connectivity index (χ2n) is 3.31. The van der Waals surface area contributed by atoms with E-state index < -0.39 is 0 Å². The summed E-state index contributed by atoms with van der Waals surface area (Å²) in [6.07, 6.45) is 1.77. The summed E-state index contributed by atoms with van der Waals surface area (Å²) in [5.74, 6) is 0. The molecule has 0 saturated carbocycles. The van der Waals surface area contributed by atoms with Crippen molar-refractivity contribution < 1.29 is 0 Å². The number of halogens is 1. The molecule has 15 heavy (non-hydrogen) atoms. The molecule has 1 aromatic carbocycles. The van der Waals surface area contributed by atoms with Gasteiger partial charge in [0, 0.05) is 0 Å². The van der Waals surface area contributed by atoms with Crippen LogP contribution in [0.3, 0.4) is 0 Å². The van der Waals surface area contributed by atoms with Crippen molar-refractivity contribution in [3.05, 3.63) is 52.8 Å². The molecule has 2 rings (SSSR count). The van der Waals surface area contributed by atoms with Crippen LogP contribution < -0.4 is 0 Å². The second-order valence-corrected chi connectivity index (χ2v) is 3.71. The maximum atomic E-state index is 5.76. The summed E-state index contributed by atoms with van der Waals surface area (Å²) in [5, 5.41) is 0.626. The van der Waals surface area contributed by atoms with E-state index in [2.05, 4.69) is 9.98 Å². The lowest BCUT2D eigenvalue weighted by atomic mass is 10.2. The first-order valence-corrected chi connectivity index (χ1v) is 5.08. The molecule has 2 aromatic rings. The number of benzene rings is 1. The summed E-state index contributed by atoms with van der Waals surface area (Å²) in [5.41, 5.74) is 3.04. The molecule has 0 atom stereocenters. The SMILES string of the molecule is Cc1ccccc1N=Cc1ccc(Cl)[nH]1. The van der Waals surface area contributed by atoms with Gasteiger partial charge in [-0.15, -0.1) is 0 Å².